The molecule has 0 radical (unpaired) electrons. The lowest BCUT2D eigenvalue weighted by atomic mass is 9.45. The van der Waals surface area contributed by atoms with Crippen LogP contribution in [0, 0.1) is 11.2 Å². The first kappa shape index (κ1) is 20.5. The van der Waals surface area contributed by atoms with Crippen molar-refractivity contribution < 1.29 is 19.6 Å². The second-order valence-electron chi connectivity index (χ2n) is 8.33. The number of rotatable bonds is 3. The Balaban J connectivity index is 1.87. The molecule has 9 heteroatoms. The number of nitriles is 1. The van der Waals surface area contributed by atoms with Gasteiger partial charge in [0.1, 0.15) is 5.60 Å². The van der Waals surface area contributed by atoms with Gasteiger partial charge in [0.2, 0.25) is 0 Å². The van der Waals surface area contributed by atoms with Crippen LogP contribution in [-0.2, 0) is 11.3 Å². The number of benzene rings is 1. The van der Waals surface area contributed by atoms with E-state index < -0.39 is 18.8 Å². The summed E-state index contributed by atoms with van der Waals surface area (Å²) in [5.74, 6) is 2.34. The first-order chi connectivity index (χ1) is 13.2. The van der Waals surface area contributed by atoms with Crippen LogP contribution in [0.4, 0.5) is 4.79 Å². The van der Waals surface area contributed by atoms with Gasteiger partial charge < -0.3 is 19.7 Å². The Morgan fingerprint density at radius 1 is 1.29 bits per heavy atom. The Kier molecular flexibility index (Phi) is 5.84. The molecule has 0 unspecified atom stereocenters. The molecule has 1 aliphatic rings. The highest BCUT2D eigenvalue weighted by molar-refractivity contribution is 6.67. The normalized spacial score (nSPS) is 15.5. The van der Waals surface area contributed by atoms with Crippen LogP contribution in [0.2, 0.25) is 12.6 Å². The number of hydrogen-bond acceptors (Lipinski definition) is 6. The highest BCUT2D eigenvalue weighted by Gasteiger charge is 2.27. The van der Waals surface area contributed by atoms with Crippen LogP contribution in [0.1, 0.15) is 26.3 Å². The maximum Gasteiger partial charge on any atom is 0.506 e. The average molecular weight is 381 g/mol. The molecule has 1 aliphatic heterocycles. The summed E-state index contributed by atoms with van der Waals surface area (Å²) in [4.78, 5) is 14.9. The lowest BCUT2D eigenvalue weighted by Crippen LogP contribution is -2.41. The summed E-state index contributed by atoms with van der Waals surface area (Å²) in [6.45, 7) is 7.96. The number of hydrogen-bond donors (Lipinski definition) is 2. The molecule has 1 aromatic heterocycles. The maximum atomic E-state index is 12.6. The number of aromatic nitrogens is 1. The van der Waals surface area contributed by atoms with Gasteiger partial charge in [-0.05, 0) is 70.3 Å². The Hall–Kier alpha value is -2.27. The second kappa shape index (κ2) is 8.00. The summed E-state index contributed by atoms with van der Waals surface area (Å²) < 4.78 is 6.64. The van der Waals surface area contributed by atoms with Crippen molar-refractivity contribution in [2.75, 3.05) is 13.1 Å². The van der Waals surface area contributed by atoms with Crippen molar-refractivity contribution in [2.24, 2.45) is 0 Å². The fraction of sp³-hybridized carbons (Fsp3) is 0.474. The fourth-order valence-electron chi connectivity index (χ4n) is 3.56. The van der Waals surface area contributed by atoms with E-state index in [-0.39, 0.29) is 12.3 Å². The first-order valence-corrected chi connectivity index (χ1v) is 9.53. The third-order valence-electron chi connectivity index (χ3n) is 4.91. The third kappa shape index (κ3) is 4.58. The second-order valence-corrected chi connectivity index (χ2v) is 8.33. The molecule has 2 heterocycles. The molecule has 0 atom stereocenters. The van der Waals surface area contributed by atoms with E-state index in [9.17, 15) is 14.8 Å². The van der Waals surface area contributed by atoms with E-state index in [1.165, 1.54) is 4.57 Å². The minimum atomic E-state index is -1.78. The highest BCUT2D eigenvalue weighted by atomic mass is 16.6. The Morgan fingerprint density at radius 3 is 2.54 bits per heavy atom. The van der Waals surface area contributed by atoms with Gasteiger partial charge in [-0.1, -0.05) is 6.07 Å². The minimum absolute atomic E-state index is 0.0798. The summed E-state index contributed by atoms with van der Waals surface area (Å²) in [6.07, 6.45) is 1.13. The molecule has 7 nitrogen and oxygen atoms in total. The van der Waals surface area contributed by atoms with Crippen LogP contribution < -0.4 is 5.59 Å². The molecule has 2 N–H and O–H groups in total. The molecule has 146 valence electrons. The number of carbonyl (C=O) groups excluding carboxylic acids is 1. The van der Waals surface area contributed by atoms with E-state index in [0.717, 1.165) is 43.2 Å². The molecule has 2 aromatic rings. The predicted molar refractivity (Wildman–Crippen MR) is 110 cm³/mol. The standard InChI is InChI=1S/C19H25B2N3O4/c1-19(2,3)28-18(25)24-16-5-4-14(10-15(16)11-17(24)21(26)27)12-23-8-6-20(13-22)7-9-23/h4-5,10-11,26-27H,6-9,12H2,1-3H3. The number of fused-ring (bicyclic) bond motifs is 1. The van der Waals surface area contributed by atoms with Gasteiger partial charge in [-0.3, -0.25) is 4.57 Å². The highest BCUT2D eigenvalue weighted by Crippen LogP contribution is 2.21. The SMILES string of the molecule is CC(C)(C)OC(=O)n1c(B(O)O)cc2cc(CN3CCB(C#N)CC3)ccc21. The topological polar surface area (TPSA) is 98.7 Å². The van der Waals surface area contributed by atoms with E-state index in [2.05, 4.69) is 10.9 Å². The van der Waals surface area contributed by atoms with Crippen LogP contribution >= 0.6 is 0 Å². The Bertz CT molecular complexity index is 906. The minimum Gasteiger partial charge on any atom is -0.443 e. The lowest BCUT2D eigenvalue weighted by Gasteiger charge is -2.27. The molecule has 0 bridgehead atoms. The third-order valence-corrected chi connectivity index (χ3v) is 4.91. The van der Waals surface area contributed by atoms with Gasteiger partial charge in [-0.2, -0.15) is 0 Å². The van der Waals surface area contributed by atoms with E-state index >= 15 is 0 Å². The van der Waals surface area contributed by atoms with Crippen molar-refractivity contribution in [3.05, 3.63) is 29.8 Å². The number of ether oxygens (including phenoxy) is 1. The molecule has 1 saturated heterocycles. The Morgan fingerprint density at radius 2 is 1.96 bits per heavy atom. The monoisotopic (exact) mass is 381 g/mol. The summed E-state index contributed by atoms with van der Waals surface area (Å²) in [7, 11) is -1.78. The van der Waals surface area contributed by atoms with E-state index in [0.29, 0.717) is 5.52 Å². The van der Waals surface area contributed by atoms with Gasteiger partial charge in [0.15, 0.2) is 0 Å². The van der Waals surface area contributed by atoms with Gasteiger partial charge in [0.05, 0.1) is 11.1 Å². The van der Waals surface area contributed by atoms with Gasteiger partial charge >= 0.3 is 13.2 Å². The quantitative estimate of drug-likeness (QED) is 0.782. The van der Waals surface area contributed by atoms with Crippen LogP contribution in [0.5, 0.6) is 0 Å². The smallest absolute Gasteiger partial charge is 0.443 e. The van der Waals surface area contributed by atoms with Crippen LogP contribution in [0.3, 0.4) is 0 Å². The number of carbonyl (C=O) groups is 1. The van der Waals surface area contributed by atoms with Gasteiger partial charge in [0.25, 0.3) is 6.71 Å². The summed E-state index contributed by atoms with van der Waals surface area (Å²) >= 11 is 0. The zero-order valence-electron chi connectivity index (χ0n) is 16.6. The van der Waals surface area contributed by atoms with E-state index in [4.69, 9.17) is 10.00 Å². The van der Waals surface area contributed by atoms with Crippen molar-refractivity contribution in [1.29, 1.82) is 5.26 Å². The predicted octanol–water partition coefficient (Wildman–Crippen LogP) is 1.48. The van der Waals surface area contributed by atoms with Crippen molar-refractivity contribution in [3.8, 4) is 5.97 Å². The maximum absolute atomic E-state index is 12.6. The summed E-state index contributed by atoms with van der Waals surface area (Å²) in [6, 6.07) is 7.31. The van der Waals surface area contributed by atoms with E-state index in [1.807, 2.05) is 18.2 Å². The zero-order chi connectivity index (χ0) is 20.5. The molecular weight excluding hydrogens is 356 g/mol. The molecule has 0 aliphatic carbocycles. The largest absolute Gasteiger partial charge is 0.506 e. The molecule has 1 fully saturated rings. The molecule has 3 rings (SSSR count). The Labute approximate surface area is 165 Å². The number of nitrogens with zero attached hydrogens (tertiary/aromatic N) is 3. The molecule has 0 saturated carbocycles. The molecular formula is C19H25B2N3O4. The van der Waals surface area contributed by atoms with Gasteiger partial charge in [-0.25, -0.2) is 10.1 Å². The van der Waals surface area contributed by atoms with Crippen molar-refractivity contribution >= 4 is 36.4 Å². The first-order valence-electron chi connectivity index (χ1n) is 9.53. The molecule has 0 spiro atoms. The van der Waals surface area contributed by atoms with Crippen LogP contribution in [0.25, 0.3) is 10.9 Å². The molecule has 1 aromatic carbocycles. The zero-order valence-corrected chi connectivity index (χ0v) is 16.6. The lowest BCUT2D eigenvalue weighted by molar-refractivity contribution is 0.0547. The van der Waals surface area contributed by atoms with Crippen LogP contribution in [-0.4, -0.2) is 58.1 Å². The average Bonchev–Trinajstić information content (AvgIpc) is 3.00. The summed E-state index contributed by atoms with van der Waals surface area (Å²) in [5, 5.41) is 29.2. The molecule has 28 heavy (non-hydrogen) atoms. The molecule has 0 amide bonds. The summed E-state index contributed by atoms with van der Waals surface area (Å²) in [5.41, 5.74) is 1.03. The van der Waals surface area contributed by atoms with E-state index in [1.54, 1.807) is 26.8 Å². The fourth-order valence-corrected chi connectivity index (χ4v) is 3.56. The van der Waals surface area contributed by atoms with Crippen molar-refractivity contribution in [3.63, 3.8) is 0 Å². The van der Waals surface area contributed by atoms with Crippen molar-refractivity contribution in [1.82, 2.24) is 9.47 Å². The van der Waals surface area contributed by atoms with Gasteiger partial charge in [-0.15, -0.1) is 0 Å². The van der Waals surface area contributed by atoms with Crippen LogP contribution in [0.15, 0.2) is 24.3 Å². The van der Waals surface area contributed by atoms with Crippen molar-refractivity contribution in [2.45, 2.75) is 45.6 Å². The van der Waals surface area contributed by atoms with Gasteiger partial charge in [0, 0.05) is 17.9 Å².